The predicted octanol–water partition coefficient (Wildman–Crippen LogP) is 4.66. The van der Waals surface area contributed by atoms with Crippen LogP contribution >= 0.6 is 0 Å². The molecule has 0 N–H and O–H groups in total. The maximum atomic E-state index is 13.3. The highest BCUT2D eigenvalue weighted by Crippen LogP contribution is 2.43. The van der Waals surface area contributed by atoms with Crippen molar-refractivity contribution in [3.63, 3.8) is 0 Å². The first-order valence-electron chi connectivity index (χ1n) is 11.9. The Morgan fingerprint density at radius 2 is 1.51 bits per heavy atom. The Labute approximate surface area is 214 Å². The van der Waals surface area contributed by atoms with Gasteiger partial charge in [0.1, 0.15) is 0 Å². The molecule has 9 heteroatoms. The largest absolute Gasteiger partial charge is 0.493 e. The molecule has 2 aromatic carbocycles. The van der Waals surface area contributed by atoms with Gasteiger partial charge in [0.2, 0.25) is 5.75 Å². The summed E-state index contributed by atoms with van der Waals surface area (Å²) in [7, 11) is 7.94. The topological polar surface area (TPSA) is 93.4 Å². The molecular formula is C28H29N3O6. The second kappa shape index (κ2) is 9.65. The minimum Gasteiger partial charge on any atom is -0.493 e. The van der Waals surface area contributed by atoms with Crippen LogP contribution in [-0.2, 0) is 6.42 Å². The fourth-order valence-corrected chi connectivity index (χ4v) is 5.05. The number of ketones is 1. The molecule has 0 bridgehead atoms. The van der Waals surface area contributed by atoms with E-state index in [1.54, 1.807) is 46.3 Å². The summed E-state index contributed by atoms with van der Waals surface area (Å²) in [6.45, 7) is 1.93. The van der Waals surface area contributed by atoms with E-state index in [0.717, 1.165) is 28.1 Å². The third-order valence-electron chi connectivity index (χ3n) is 6.87. The van der Waals surface area contributed by atoms with E-state index in [1.807, 2.05) is 37.3 Å². The third-order valence-corrected chi connectivity index (χ3v) is 6.87. The molecule has 9 nitrogen and oxygen atoms in total. The zero-order valence-electron chi connectivity index (χ0n) is 21.7. The van der Waals surface area contributed by atoms with E-state index in [2.05, 4.69) is 5.10 Å². The molecule has 192 valence electrons. The number of ether oxygens (including phenoxy) is 5. The summed E-state index contributed by atoms with van der Waals surface area (Å²) in [5.74, 6) is 2.83. The minimum atomic E-state index is -0.0859. The molecule has 2 aromatic heterocycles. The van der Waals surface area contributed by atoms with Crippen molar-refractivity contribution in [3.8, 4) is 39.9 Å². The van der Waals surface area contributed by atoms with E-state index in [-0.39, 0.29) is 11.7 Å². The van der Waals surface area contributed by atoms with Crippen molar-refractivity contribution < 1.29 is 28.5 Å². The summed E-state index contributed by atoms with van der Waals surface area (Å²) in [6, 6.07) is 9.53. The molecule has 2 heterocycles. The highest BCUT2D eigenvalue weighted by molar-refractivity contribution is 5.99. The van der Waals surface area contributed by atoms with Gasteiger partial charge in [0.05, 0.1) is 52.5 Å². The van der Waals surface area contributed by atoms with Crippen LogP contribution in [0.4, 0.5) is 0 Å². The van der Waals surface area contributed by atoms with Gasteiger partial charge in [0.25, 0.3) is 0 Å². The molecule has 0 radical (unpaired) electrons. The number of methoxy groups -OCH3 is 5. The molecule has 1 unspecified atom stereocenters. The Morgan fingerprint density at radius 3 is 2.14 bits per heavy atom. The summed E-state index contributed by atoms with van der Waals surface area (Å²) >= 11 is 0. The average molecular weight is 504 g/mol. The van der Waals surface area contributed by atoms with Gasteiger partial charge in [-0.25, -0.2) is 9.50 Å². The normalized spacial score (nSPS) is 14.9. The van der Waals surface area contributed by atoms with Crippen molar-refractivity contribution >= 4 is 11.4 Å². The van der Waals surface area contributed by atoms with Gasteiger partial charge in [-0.1, -0.05) is 6.07 Å². The highest BCUT2D eigenvalue weighted by atomic mass is 16.5. The van der Waals surface area contributed by atoms with E-state index < -0.39 is 0 Å². The smallest absolute Gasteiger partial charge is 0.203 e. The van der Waals surface area contributed by atoms with E-state index in [9.17, 15) is 4.79 Å². The maximum absolute atomic E-state index is 13.3. The van der Waals surface area contributed by atoms with Gasteiger partial charge in [-0.05, 0) is 54.7 Å². The van der Waals surface area contributed by atoms with Crippen LogP contribution < -0.4 is 23.7 Å². The standard InChI is InChI=1S/C28H29N3O6/c1-15-26(16-7-8-22(33-2)23(11-16)34-3)28-29-20-9-17(10-21(32)19(20)14-31(28)30-15)18-12-24(35-4)27(37-6)25(13-18)36-5/h7-8,11-14,17H,9-10H2,1-6H3. The number of carbonyl (C=O) groups excluding carboxylic acids is 1. The second-order valence-corrected chi connectivity index (χ2v) is 8.89. The number of nitrogens with zero attached hydrogens (tertiary/aromatic N) is 3. The lowest BCUT2D eigenvalue weighted by molar-refractivity contribution is 0.0962. The van der Waals surface area contributed by atoms with Gasteiger partial charge in [-0.2, -0.15) is 5.10 Å². The van der Waals surface area contributed by atoms with Gasteiger partial charge >= 0.3 is 0 Å². The molecule has 4 aromatic rings. The average Bonchev–Trinajstić information content (AvgIpc) is 3.24. The van der Waals surface area contributed by atoms with Crippen LogP contribution in [0.3, 0.4) is 0 Å². The summed E-state index contributed by atoms with van der Waals surface area (Å²) < 4.78 is 29.1. The fraction of sp³-hybridized carbons (Fsp3) is 0.321. The molecule has 0 saturated carbocycles. The number of fused-ring (bicyclic) bond motifs is 2. The SMILES string of the molecule is COc1ccc(-c2c(C)nn3cc4c(nc23)CC(c2cc(OC)c(OC)c(OC)c2)CC4=O)cc1OC. The molecule has 1 atom stereocenters. The number of hydrogen-bond donors (Lipinski definition) is 0. The molecule has 1 aliphatic rings. The summed E-state index contributed by atoms with van der Waals surface area (Å²) in [5, 5.41) is 4.65. The Balaban J connectivity index is 1.60. The zero-order valence-corrected chi connectivity index (χ0v) is 21.7. The van der Waals surface area contributed by atoms with Gasteiger partial charge in [-0.15, -0.1) is 0 Å². The van der Waals surface area contributed by atoms with Crippen molar-refractivity contribution in [2.24, 2.45) is 0 Å². The Hall–Kier alpha value is -4.27. The first-order valence-corrected chi connectivity index (χ1v) is 11.9. The van der Waals surface area contributed by atoms with Crippen LogP contribution in [0.5, 0.6) is 28.7 Å². The molecular weight excluding hydrogens is 474 g/mol. The van der Waals surface area contributed by atoms with Gasteiger partial charge in [0, 0.05) is 18.2 Å². The number of Topliss-reactive ketones (excluding diaryl/α,β-unsaturated/α-hetero) is 1. The number of benzene rings is 2. The molecule has 0 amide bonds. The number of hydrogen-bond acceptors (Lipinski definition) is 8. The number of aryl methyl sites for hydroxylation is 1. The van der Waals surface area contributed by atoms with Crippen molar-refractivity contribution in [1.82, 2.24) is 14.6 Å². The maximum Gasteiger partial charge on any atom is 0.203 e. The summed E-state index contributed by atoms with van der Waals surface area (Å²) in [6.07, 6.45) is 2.73. The first-order chi connectivity index (χ1) is 17.9. The van der Waals surface area contributed by atoms with Gasteiger partial charge in [-0.3, -0.25) is 4.79 Å². The highest BCUT2D eigenvalue weighted by Gasteiger charge is 2.30. The molecule has 37 heavy (non-hydrogen) atoms. The van der Waals surface area contributed by atoms with E-state index >= 15 is 0 Å². The lowest BCUT2D eigenvalue weighted by atomic mass is 9.82. The van der Waals surface area contributed by atoms with Crippen LogP contribution in [-0.4, -0.2) is 55.9 Å². The van der Waals surface area contributed by atoms with Crippen LogP contribution in [0, 0.1) is 6.92 Å². The zero-order chi connectivity index (χ0) is 26.3. The Morgan fingerprint density at radius 1 is 0.838 bits per heavy atom. The van der Waals surface area contributed by atoms with Gasteiger partial charge in [0.15, 0.2) is 34.4 Å². The van der Waals surface area contributed by atoms with E-state index in [4.69, 9.17) is 28.7 Å². The number of aromatic nitrogens is 3. The van der Waals surface area contributed by atoms with Crippen molar-refractivity contribution in [2.75, 3.05) is 35.5 Å². The van der Waals surface area contributed by atoms with Crippen LogP contribution in [0.15, 0.2) is 36.5 Å². The molecule has 0 aliphatic heterocycles. The number of carbonyl (C=O) groups is 1. The molecule has 1 aliphatic carbocycles. The monoisotopic (exact) mass is 503 g/mol. The summed E-state index contributed by atoms with van der Waals surface area (Å²) in [4.78, 5) is 18.2. The van der Waals surface area contributed by atoms with Crippen molar-refractivity contribution in [1.29, 1.82) is 0 Å². The van der Waals surface area contributed by atoms with Crippen LogP contribution in [0.2, 0.25) is 0 Å². The lowest BCUT2D eigenvalue weighted by Crippen LogP contribution is -2.21. The van der Waals surface area contributed by atoms with E-state index in [1.165, 1.54) is 0 Å². The summed E-state index contributed by atoms with van der Waals surface area (Å²) in [5.41, 5.74) is 5.53. The third kappa shape index (κ3) is 4.10. The van der Waals surface area contributed by atoms with Crippen LogP contribution in [0.25, 0.3) is 16.8 Å². The Kier molecular flexibility index (Phi) is 6.37. The van der Waals surface area contributed by atoms with E-state index in [0.29, 0.717) is 52.8 Å². The second-order valence-electron chi connectivity index (χ2n) is 8.89. The fourth-order valence-electron chi connectivity index (χ4n) is 5.05. The molecule has 0 fully saturated rings. The van der Waals surface area contributed by atoms with Crippen LogP contribution in [0.1, 0.15) is 39.6 Å². The van der Waals surface area contributed by atoms with Crippen molar-refractivity contribution in [3.05, 3.63) is 59.0 Å². The van der Waals surface area contributed by atoms with Gasteiger partial charge < -0.3 is 23.7 Å². The molecule has 0 spiro atoms. The Bertz CT molecular complexity index is 1480. The number of rotatable bonds is 7. The first kappa shape index (κ1) is 24.4. The quantitative estimate of drug-likeness (QED) is 0.360. The minimum absolute atomic E-state index is 0.0234. The molecule has 5 rings (SSSR count). The lowest BCUT2D eigenvalue weighted by Gasteiger charge is -2.24. The van der Waals surface area contributed by atoms with Crippen molar-refractivity contribution in [2.45, 2.75) is 25.7 Å². The predicted molar refractivity (Wildman–Crippen MR) is 138 cm³/mol. The molecule has 0 saturated heterocycles.